The lowest BCUT2D eigenvalue weighted by Crippen LogP contribution is -2.34. The zero-order valence-electron chi connectivity index (χ0n) is 11.8. The number of likely N-dealkylation sites (N-methyl/N-ethyl adjacent to an activating group) is 1. The van der Waals surface area contributed by atoms with Crippen molar-refractivity contribution in [2.24, 2.45) is 0 Å². The van der Waals surface area contributed by atoms with E-state index in [1.807, 2.05) is 19.0 Å². The maximum Gasteiger partial charge on any atom is 0.244 e. The van der Waals surface area contributed by atoms with E-state index < -0.39 is 10.0 Å². The minimum atomic E-state index is -3.63. The molecule has 1 aliphatic heterocycles. The molecular formula is C13H17Cl3N2O2S. The summed E-state index contributed by atoms with van der Waals surface area (Å²) in [6.45, 7) is 0.949. The molecule has 1 unspecified atom stereocenters. The third kappa shape index (κ3) is 3.49. The molecule has 4 nitrogen and oxygen atoms in total. The van der Waals surface area contributed by atoms with Crippen molar-refractivity contribution >= 4 is 44.8 Å². The van der Waals surface area contributed by atoms with E-state index in [4.69, 9.17) is 34.8 Å². The fourth-order valence-electron chi connectivity index (χ4n) is 2.36. The van der Waals surface area contributed by atoms with E-state index >= 15 is 0 Å². The van der Waals surface area contributed by atoms with Gasteiger partial charge in [0.25, 0.3) is 0 Å². The maximum atomic E-state index is 12.7. The number of rotatable bonds is 4. The lowest BCUT2D eigenvalue weighted by Gasteiger charge is -2.21. The standard InChI is InChI=1S/C13H17Cl3N2O2S/c1-17(2)10-3-4-18(8-10)21(19,20)13-5-9(7-14)11(15)6-12(13)16/h5-6,10H,3-4,7-8H2,1-2H3. The van der Waals surface area contributed by atoms with Gasteiger partial charge in [-0.3, -0.25) is 0 Å². The quantitative estimate of drug-likeness (QED) is 0.764. The van der Waals surface area contributed by atoms with Gasteiger partial charge >= 0.3 is 0 Å². The first-order chi connectivity index (χ1) is 9.77. The first-order valence-corrected chi connectivity index (χ1v) is 9.21. The van der Waals surface area contributed by atoms with Gasteiger partial charge in [-0.05, 0) is 38.2 Å². The molecule has 21 heavy (non-hydrogen) atoms. The Kier molecular flexibility index (Phi) is 5.45. The zero-order valence-corrected chi connectivity index (χ0v) is 14.9. The molecule has 1 aromatic rings. The van der Waals surface area contributed by atoms with Crippen molar-refractivity contribution in [3.63, 3.8) is 0 Å². The molecule has 0 saturated carbocycles. The average Bonchev–Trinajstić information content (AvgIpc) is 2.89. The summed E-state index contributed by atoms with van der Waals surface area (Å²) in [6, 6.07) is 3.13. The van der Waals surface area contributed by atoms with Crippen LogP contribution in [0.2, 0.25) is 10.0 Å². The molecule has 1 aromatic carbocycles. The van der Waals surface area contributed by atoms with Gasteiger partial charge in [-0.25, -0.2) is 8.42 Å². The number of alkyl halides is 1. The summed E-state index contributed by atoms with van der Waals surface area (Å²) < 4.78 is 26.9. The monoisotopic (exact) mass is 370 g/mol. The Balaban J connectivity index is 2.37. The van der Waals surface area contributed by atoms with E-state index in [0.29, 0.717) is 23.7 Å². The first-order valence-electron chi connectivity index (χ1n) is 6.48. The van der Waals surface area contributed by atoms with Crippen molar-refractivity contribution in [3.8, 4) is 0 Å². The van der Waals surface area contributed by atoms with Crippen molar-refractivity contribution in [2.75, 3.05) is 27.2 Å². The molecule has 118 valence electrons. The van der Waals surface area contributed by atoms with E-state index in [-0.39, 0.29) is 21.8 Å². The van der Waals surface area contributed by atoms with E-state index in [9.17, 15) is 8.42 Å². The molecule has 1 saturated heterocycles. The number of sulfonamides is 1. The highest BCUT2D eigenvalue weighted by Gasteiger charge is 2.34. The van der Waals surface area contributed by atoms with Crippen LogP contribution >= 0.6 is 34.8 Å². The molecule has 8 heteroatoms. The van der Waals surface area contributed by atoms with Crippen LogP contribution in [0.25, 0.3) is 0 Å². The van der Waals surface area contributed by atoms with E-state index in [1.165, 1.54) is 16.4 Å². The van der Waals surface area contributed by atoms with Crippen LogP contribution in [0.3, 0.4) is 0 Å². The molecule has 2 rings (SSSR count). The maximum absolute atomic E-state index is 12.7. The van der Waals surface area contributed by atoms with Crippen LogP contribution < -0.4 is 0 Å². The van der Waals surface area contributed by atoms with Crippen molar-refractivity contribution in [3.05, 3.63) is 27.7 Å². The topological polar surface area (TPSA) is 40.6 Å². The predicted octanol–water partition coefficient (Wildman–Crippen LogP) is 3.06. The minimum absolute atomic E-state index is 0.0728. The predicted molar refractivity (Wildman–Crippen MR) is 86.9 cm³/mol. The molecule has 1 heterocycles. The SMILES string of the molecule is CN(C)C1CCN(S(=O)(=O)c2cc(CCl)c(Cl)cc2Cl)C1. The van der Waals surface area contributed by atoms with Crippen molar-refractivity contribution < 1.29 is 8.42 Å². The fourth-order valence-corrected chi connectivity index (χ4v) is 4.98. The third-order valence-electron chi connectivity index (χ3n) is 3.72. The average molecular weight is 372 g/mol. The Morgan fingerprint density at radius 3 is 2.48 bits per heavy atom. The smallest absolute Gasteiger partial charge is 0.244 e. The van der Waals surface area contributed by atoms with Gasteiger partial charge in [0, 0.05) is 30.0 Å². The van der Waals surface area contributed by atoms with Crippen LogP contribution in [-0.4, -0.2) is 50.8 Å². The Hall–Kier alpha value is -0.0400. The van der Waals surface area contributed by atoms with Gasteiger partial charge in [-0.2, -0.15) is 4.31 Å². The normalized spacial score (nSPS) is 20.4. The third-order valence-corrected chi connectivity index (χ3v) is 6.69. The Morgan fingerprint density at radius 2 is 1.95 bits per heavy atom. The molecule has 1 atom stereocenters. The van der Waals surface area contributed by atoms with Crippen LogP contribution in [0.4, 0.5) is 0 Å². The van der Waals surface area contributed by atoms with Crippen LogP contribution in [0, 0.1) is 0 Å². The molecule has 0 amide bonds. The summed E-state index contributed by atoms with van der Waals surface area (Å²) in [5, 5.41) is 0.503. The number of hydrogen-bond acceptors (Lipinski definition) is 3. The van der Waals surface area contributed by atoms with Gasteiger partial charge in [0.05, 0.1) is 5.02 Å². The summed E-state index contributed by atoms with van der Waals surface area (Å²) in [4.78, 5) is 2.10. The Labute approximate surface area is 140 Å². The lowest BCUT2D eigenvalue weighted by molar-refractivity contribution is 0.302. The summed E-state index contributed by atoms with van der Waals surface area (Å²) in [6.07, 6.45) is 0.805. The number of hydrogen-bond donors (Lipinski definition) is 0. The van der Waals surface area contributed by atoms with E-state index in [2.05, 4.69) is 0 Å². The van der Waals surface area contributed by atoms with Gasteiger partial charge in [0.1, 0.15) is 4.90 Å². The molecule has 1 fully saturated rings. The Bertz CT molecular complexity index is 635. The largest absolute Gasteiger partial charge is 0.305 e. The van der Waals surface area contributed by atoms with Crippen LogP contribution in [0.5, 0.6) is 0 Å². The van der Waals surface area contributed by atoms with Crippen LogP contribution in [0.1, 0.15) is 12.0 Å². The highest BCUT2D eigenvalue weighted by molar-refractivity contribution is 7.89. The van der Waals surface area contributed by atoms with E-state index in [1.54, 1.807) is 0 Å². The van der Waals surface area contributed by atoms with E-state index in [0.717, 1.165) is 6.42 Å². The fraction of sp³-hybridized carbons (Fsp3) is 0.538. The summed E-state index contributed by atoms with van der Waals surface area (Å²) in [7, 11) is 0.264. The zero-order chi connectivity index (χ0) is 15.8. The van der Waals surface area contributed by atoms with Gasteiger partial charge in [-0.1, -0.05) is 23.2 Å². The number of benzene rings is 1. The van der Waals surface area contributed by atoms with Crippen molar-refractivity contribution in [1.29, 1.82) is 0 Å². The van der Waals surface area contributed by atoms with Crippen LogP contribution in [-0.2, 0) is 15.9 Å². The van der Waals surface area contributed by atoms with Gasteiger partial charge < -0.3 is 4.90 Å². The molecule has 0 spiro atoms. The van der Waals surface area contributed by atoms with Gasteiger partial charge in [0.15, 0.2) is 0 Å². The molecule has 0 aromatic heterocycles. The molecular weight excluding hydrogens is 355 g/mol. The molecule has 1 aliphatic rings. The lowest BCUT2D eigenvalue weighted by atomic mass is 10.2. The molecule has 0 N–H and O–H groups in total. The van der Waals surface area contributed by atoms with Crippen LogP contribution in [0.15, 0.2) is 17.0 Å². The van der Waals surface area contributed by atoms with Gasteiger partial charge in [-0.15, -0.1) is 11.6 Å². The van der Waals surface area contributed by atoms with Gasteiger partial charge in [0.2, 0.25) is 10.0 Å². The minimum Gasteiger partial charge on any atom is -0.305 e. The van der Waals surface area contributed by atoms with Crippen molar-refractivity contribution in [1.82, 2.24) is 9.21 Å². The number of halogens is 3. The Morgan fingerprint density at radius 1 is 1.29 bits per heavy atom. The summed E-state index contributed by atoms with van der Waals surface area (Å²) >= 11 is 17.9. The summed E-state index contributed by atoms with van der Waals surface area (Å²) in [5.41, 5.74) is 0.560. The second-order valence-corrected chi connectivity index (χ2v) is 8.26. The first kappa shape index (κ1) is 17.3. The highest BCUT2D eigenvalue weighted by Crippen LogP contribution is 2.32. The summed E-state index contributed by atoms with van der Waals surface area (Å²) in [5.74, 6) is 0.138. The second kappa shape index (κ2) is 6.60. The highest BCUT2D eigenvalue weighted by atomic mass is 35.5. The second-order valence-electron chi connectivity index (χ2n) is 5.28. The molecule has 0 radical (unpaired) electrons. The number of nitrogens with zero attached hydrogens (tertiary/aromatic N) is 2. The van der Waals surface area contributed by atoms with Crippen molar-refractivity contribution in [2.45, 2.75) is 23.2 Å². The molecule has 0 bridgehead atoms. The molecule has 0 aliphatic carbocycles.